The Kier molecular flexibility index (Phi) is 8.64. The summed E-state index contributed by atoms with van der Waals surface area (Å²) < 4.78 is 0. The molecular weight excluding hydrogens is 392 g/mol. The summed E-state index contributed by atoms with van der Waals surface area (Å²) in [4.78, 5) is 38.4. The van der Waals surface area contributed by atoms with E-state index < -0.39 is 11.8 Å². The lowest BCUT2D eigenvalue weighted by molar-refractivity contribution is -0.124. The van der Waals surface area contributed by atoms with Gasteiger partial charge < -0.3 is 5.32 Å². The maximum absolute atomic E-state index is 12.4. The van der Waals surface area contributed by atoms with E-state index in [4.69, 9.17) is 11.6 Å². The monoisotopic (exact) mass is 416 g/mol. The Bertz CT molecular complexity index is 873. The van der Waals surface area contributed by atoms with Gasteiger partial charge in [-0.1, -0.05) is 48.9 Å². The lowest BCUT2D eigenvalue weighted by atomic mass is 10.2. The fourth-order valence-corrected chi connectivity index (χ4v) is 2.94. The minimum Gasteiger partial charge on any atom is -0.325 e. The molecule has 0 bridgehead atoms. The number of benzene rings is 2. The zero-order chi connectivity index (χ0) is 21.2. The van der Waals surface area contributed by atoms with Crippen LogP contribution in [0.2, 0.25) is 5.02 Å². The van der Waals surface area contributed by atoms with Gasteiger partial charge in [-0.05, 0) is 43.7 Å². The van der Waals surface area contributed by atoms with Crippen molar-refractivity contribution in [2.45, 2.75) is 20.3 Å². The van der Waals surface area contributed by atoms with Crippen LogP contribution in [0.5, 0.6) is 0 Å². The summed E-state index contributed by atoms with van der Waals surface area (Å²) in [6, 6.07) is 14.0. The lowest BCUT2D eigenvalue weighted by Gasteiger charge is -2.21. The smallest absolute Gasteiger partial charge is 0.271 e. The van der Waals surface area contributed by atoms with Gasteiger partial charge in [-0.2, -0.15) is 0 Å². The molecule has 2 aromatic rings. The SMILES string of the molecule is CCCN(CC(=O)NNC(=O)c1ccccc1Cl)CC(=O)Nc1ccccc1C. The summed E-state index contributed by atoms with van der Waals surface area (Å²) in [7, 11) is 0. The number of nitrogens with zero attached hydrogens (tertiary/aromatic N) is 1. The second kappa shape index (κ2) is 11.2. The van der Waals surface area contributed by atoms with Crippen LogP contribution >= 0.6 is 11.6 Å². The van der Waals surface area contributed by atoms with E-state index >= 15 is 0 Å². The zero-order valence-corrected chi connectivity index (χ0v) is 17.3. The Hall–Kier alpha value is -2.90. The van der Waals surface area contributed by atoms with E-state index in [9.17, 15) is 14.4 Å². The van der Waals surface area contributed by atoms with Gasteiger partial charge in [0.05, 0.1) is 23.7 Å². The molecule has 0 radical (unpaired) electrons. The van der Waals surface area contributed by atoms with Crippen LogP contribution < -0.4 is 16.2 Å². The summed E-state index contributed by atoms with van der Waals surface area (Å²) in [5.41, 5.74) is 6.66. The zero-order valence-electron chi connectivity index (χ0n) is 16.5. The predicted octanol–water partition coefficient (Wildman–Crippen LogP) is 2.76. The number of para-hydroxylation sites is 1. The maximum atomic E-state index is 12.4. The maximum Gasteiger partial charge on any atom is 0.271 e. The van der Waals surface area contributed by atoms with E-state index in [2.05, 4.69) is 16.2 Å². The molecule has 0 heterocycles. The van der Waals surface area contributed by atoms with Crippen LogP contribution in [-0.2, 0) is 9.59 Å². The highest BCUT2D eigenvalue weighted by atomic mass is 35.5. The van der Waals surface area contributed by atoms with Gasteiger partial charge in [0, 0.05) is 5.69 Å². The fourth-order valence-electron chi connectivity index (χ4n) is 2.72. The molecule has 0 fully saturated rings. The van der Waals surface area contributed by atoms with Gasteiger partial charge in [0.15, 0.2) is 0 Å². The van der Waals surface area contributed by atoms with Crippen molar-refractivity contribution in [2.24, 2.45) is 0 Å². The molecule has 154 valence electrons. The number of amides is 3. The van der Waals surface area contributed by atoms with Gasteiger partial charge in [0.2, 0.25) is 5.91 Å². The van der Waals surface area contributed by atoms with Crippen molar-refractivity contribution in [3.05, 3.63) is 64.7 Å². The molecule has 0 aliphatic heterocycles. The third-order valence-corrected chi connectivity index (χ3v) is 4.46. The molecule has 3 N–H and O–H groups in total. The van der Waals surface area contributed by atoms with E-state index in [1.165, 1.54) is 0 Å². The van der Waals surface area contributed by atoms with Crippen LogP contribution in [0.3, 0.4) is 0 Å². The Morgan fingerprint density at radius 2 is 1.59 bits per heavy atom. The summed E-state index contributed by atoms with van der Waals surface area (Å²) in [5, 5.41) is 3.14. The molecule has 0 aliphatic carbocycles. The second-order valence-electron chi connectivity index (χ2n) is 6.56. The van der Waals surface area contributed by atoms with Crippen LogP contribution in [0.4, 0.5) is 5.69 Å². The molecule has 7 nitrogen and oxygen atoms in total. The molecule has 0 spiro atoms. The van der Waals surface area contributed by atoms with Gasteiger partial charge >= 0.3 is 0 Å². The van der Waals surface area contributed by atoms with Gasteiger partial charge in [-0.3, -0.25) is 30.1 Å². The number of carbonyl (C=O) groups is 3. The summed E-state index contributed by atoms with van der Waals surface area (Å²) in [5.74, 6) is -1.15. The first-order valence-corrected chi connectivity index (χ1v) is 9.70. The second-order valence-corrected chi connectivity index (χ2v) is 6.96. The molecule has 3 amide bonds. The number of carbonyl (C=O) groups excluding carboxylic acids is 3. The number of rotatable bonds is 8. The average molecular weight is 417 g/mol. The largest absolute Gasteiger partial charge is 0.325 e. The topological polar surface area (TPSA) is 90.5 Å². The predicted molar refractivity (Wildman–Crippen MR) is 114 cm³/mol. The molecule has 2 rings (SSSR count). The van der Waals surface area contributed by atoms with Crippen molar-refractivity contribution in [1.82, 2.24) is 15.8 Å². The minimum atomic E-state index is -0.511. The van der Waals surface area contributed by atoms with Crippen LogP contribution in [0, 0.1) is 6.92 Å². The fraction of sp³-hybridized carbons (Fsp3) is 0.286. The number of hydrogen-bond donors (Lipinski definition) is 3. The standard InChI is InChI=1S/C21H25ClN4O3/c1-3-12-26(13-19(27)23-18-11-7-4-8-15(18)2)14-20(28)24-25-21(29)16-9-5-6-10-17(16)22/h4-11H,3,12-14H2,1-2H3,(H,23,27)(H,24,28)(H,25,29). The highest BCUT2D eigenvalue weighted by Crippen LogP contribution is 2.14. The Morgan fingerprint density at radius 1 is 0.931 bits per heavy atom. The molecule has 0 aliphatic rings. The van der Waals surface area contributed by atoms with Crippen molar-refractivity contribution in [1.29, 1.82) is 0 Å². The molecule has 0 saturated heterocycles. The van der Waals surface area contributed by atoms with E-state index in [0.29, 0.717) is 11.6 Å². The van der Waals surface area contributed by atoms with E-state index in [1.54, 1.807) is 29.2 Å². The van der Waals surface area contributed by atoms with Gasteiger partial charge in [-0.25, -0.2) is 0 Å². The van der Waals surface area contributed by atoms with Gasteiger partial charge in [0.1, 0.15) is 0 Å². The van der Waals surface area contributed by atoms with Crippen molar-refractivity contribution in [3.8, 4) is 0 Å². The molecule has 0 aromatic heterocycles. The van der Waals surface area contributed by atoms with E-state index in [-0.39, 0.29) is 24.6 Å². The minimum absolute atomic E-state index is 0.0299. The third kappa shape index (κ3) is 7.21. The summed E-state index contributed by atoms with van der Waals surface area (Å²) in [6.07, 6.45) is 0.775. The molecule has 29 heavy (non-hydrogen) atoms. The van der Waals surface area contributed by atoms with Crippen LogP contribution in [0.15, 0.2) is 48.5 Å². The number of halogens is 1. The van der Waals surface area contributed by atoms with Crippen LogP contribution in [0.25, 0.3) is 0 Å². The van der Waals surface area contributed by atoms with Crippen molar-refractivity contribution >= 4 is 35.0 Å². The Labute approximate surface area is 175 Å². The van der Waals surface area contributed by atoms with Crippen LogP contribution in [0.1, 0.15) is 29.3 Å². The molecule has 0 atom stereocenters. The normalized spacial score (nSPS) is 10.5. The van der Waals surface area contributed by atoms with Crippen molar-refractivity contribution in [2.75, 3.05) is 25.0 Å². The molecule has 0 unspecified atom stereocenters. The quantitative estimate of drug-likeness (QED) is 0.577. The average Bonchev–Trinajstić information content (AvgIpc) is 2.68. The Balaban J connectivity index is 1.86. The van der Waals surface area contributed by atoms with Crippen LogP contribution in [-0.4, -0.2) is 42.3 Å². The van der Waals surface area contributed by atoms with E-state index in [0.717, 1.165) is 17.7 Å². The molecule has 2 aromatic carbocycles. The van der Waals surface area contributed by atoms with Crippen molar-refractivity contribution in [3.63, 3.8) is 0 Å². The number of aryl methyl sites for hydroxylation is 1. The lowest BCUT2D eigenvalue weighted by Crippen LogP contribution is -2.47. The summed E-state index contributed by atoms with van der Waals surface area (Å²) >= 11 is 5.97. The first-order chi connectivity index (χ1) is 13.9. The first kappa shape index (κ1) is 22.4. The molecule has 0 saturated carbocycles. The number of hydrazine groups is 1. The number of nitrogens with one attached hydrogen (secondary N) is 3. The highest BCUT2D eigenvalue weighted by molar-refractivity contribution is 6.33. The Morgan fingerprint density at radius 3 is 2.28 bits per heavy atom. The first-order valence-electron chi connectivity index (χ1n) is 9.32. The highest BCUT2D eigenvalue weighted by Gasteiger charge is 2.16. The number of anilines is 1. The molecule has 8 heteroatoms. The third-order valence-electron chi connectivity index (χ3n) is 4.13. The number of hydrogen-bond acceptors (Lipinski definition) is 4. The van der Waals surface area contributed by atoms with E-state index in [1.807, 2.05) is 38.1 Å². The molecular formula is C21H25ClN4O3. The van der Waals surface area contributed by atoms with Gasteiger partial charge in [-0.15, -0.1) is 0 Å². The van der Waals surface area contributed by atoms with Gasteiger partial charge in [0.25, 0.3) is 11.8 Å². The van der Waals surface area contributed by atoms with Crippen molar-refractivity contribution < 1.29 is 14.4 Å². The summed E-state index contributed by atoms with van der Waals surface area (Å²) in [6.45, 7) is 4.47.